The molecule has 0 bridgehead atoms. The van der Waals surface area contributed by atoms with Crippen LogP contribution in [0.2, 0.25) is 0 Å². The molecular weight excluding hydrogens is 486 g/mol. The van der Waals surface area contributed by atoms with Crippen molar-refractivity contribution in [2.45, 2.75) is 9.79 Å². The van der Waals surface area contributed by atoms with Crippen molar-refractivity contribution in [3.05, 3.63) is 47.5 Å². The van der Waals surface area contributed by atoms with E-state index in [1.807, 2.05) is 0 Å². The number of methoxy groups -OCH3 is 3. The first-order valence-corrected chi connectivity index (χ1v) is 10.8. The van der Waals surface area contributed by atoms with Gasteiger partial charge in [0, 0.05) is 6.07 Å². The van der Waals surface area contributed by atoms with Gasteiger partial charge in [0.2, 0.25) is 0 Å². The predicted octanol–water partition coefficient (Wildman–Crippen LogP) is -4.58. The summed E-state index contributed by atoms with van der Waals surface area (Å²) in [6, 6.07) is 5.57. The summed E-state index contributed by atoms with van der Waals surface area (Å²) < 4.78 is 83.2. The van der Waals surface area contributed by atoms with Crippen molar-refractivity contribution in [2.75, 3.05) is 21.3 Å². The fraction of sp³-hybridized carbons (Fsp3) is 0.167. The minimum atomic E-state index is -4.95. The van der Waals surface area contributed by atoms with Crippen molar-refractivity contribution in [1.82, 2.24) is 0 Å². The molecular formula is C18H16Na2O10S2. The molecule has 0 fully saturated rings. The molecule has 0 aliphatic carbocycles. The Bertz CT molecular complexity index is 1220. The first-order valence-electron chi connectivity index (χ1n) is 8.00. The van der Waals surface area contributed by atoms with Gasteiger partial charge in [0.25, 0.3) is 0 Å². The van der Waals surface area contributed by atoms with E-state index in [-0.39, 0.29) is 87.5 Å². The fourth-order valence-corrected chi connectivity index (χ4v) is 3.84. The zero-order valence-corrected chi connectivity index (χ0v) is 23.6. The maximum atomic E-state index is 12.6. The van der Waals surface area contributed by atoms with Gasteiger partial charge in [0.05, 0.1) is 36.7 Å². The Morgan fingerprint density at radius 2 is 1.28 bits per heavy atom. The summed E-state index contributed by atoms with van der Waals surface area (Å²) in [6.07, 6.45) is 2.19. The molecule has 0 spiro atoms. The number of benzene rings is 2. The third kappa shape index (κ3) is 7.55. The molecule has 0 radical (unpaired) electrons. The maximum absolute atomic E-state index is 12.6. The Kier molecular flexibility index (Phi) is 12.1. The molecule has 0 atom stereocenters. The van der Waals surface area contributed by atoms with Gasteiger partial charge in [0.15, 0.2) is 5.78 Å². The number of hydrogen-bond donors (Lipinski definition) is 0. The van der Waals surface area contributed by atoms with E-state index in [2.05, 4.69) is 0 Å². The topological polar surface area (TPSA) is 159 Å². The van der Waals surface area contributed by atoms with E-state index in [9.17, 15) is 30.7 Å². The summed E-state index contributed by atoms with van der Waals surface area (Å²) in [6.45, 7) is 0. The van der Waals surface area contributed by atoms with Gasteiger partial charge < -0.3 is 23.3 Å². The van der Waals surface area contributed by atoms with Crippen LogP contribution in [0, 0.1) is 0 Å². The standard InChI is InChI=1S/C18H18O10S2.2Na/c1-26-14-7-5-11(8-17(14)29(20,21)22)4-6-13(19)12-9-18(30(23,24)25)16(28-3)10-15(12)27-2;;/h4-10H,1-3H3,(H,20,21,22)(H,23,24,25);;/q;2*+1/p-2/b6-4+;;. The normalized spacial score (nSPS) is 11.3. The smallest absolute Gasteiger partial charge is 0.744 e. The fourth-order valence-electron chi connectivity index (χ4n) is 2.51. The van der Waals surface area contributed by atoms with Crippen LogP contribution in [0.15, 0.2) is 46.2 Å². The second-order valence-electron chi connectivity index (χ2n) is 5.72. The number of hydrogen-bond acceptors (Lipinski definition) is 10. The minimum absolute atomic E-state index is 0. The Morgan fingerprint density at radius 1 is 0.781 bits per heavy atom. The van der Waals surface area contributed by atoms with Gasteiger partial charge in [-0.2, -0.15) is 0 Å². The molecule has 0 saturated carbocycles. The average Bonchev–Trinajstić information content (AvgIpc) is 2.69. The molecule has 0 N–H and O–H groups in total. The van der Waals surface area contributed by atoms with Crippen LogP contribution < -0.4 is 73.3 Å². The Labute approximate surface area is 230 Å². The molecule has 0 aromatic heterocycles. The third-order valence-corrected chi connectivity index (χ3v) is 5.62. The SMILES string of the molecule is COc1cc(OC)c(S(=O)(=O)[O-])cc1C(=O)/C=C/c1ccc(OC)c(S(=O)(=O)[O-])c1.[Na+].[Na+]. The number of allylic oxidation sites excluding steroid dienone is 1. The van der Waals surface area contributed by atoms with Gasteiger partial charge in [-0.1, -0.05) is 12.1 Å². The molecule has 0 amide bonds. The Morgan fingerprint density at radius 3 is 1.75 bits per heavy atom. The molecule has 32 heavy (non-hydrogen) atoms. The molecule has 2 aromatic rings. The van der Waals surface area contributed by atoms with Crippen LogP contribution in [0.1, 0.15) is 15.9 Å². The Balaban J connectivity index is 0.00000480. The van der Waals surface area contributed by atoms with Crippen LogP contribution in [0.25, 0.3) is 6.08 Å². The molecule has 0 heterocycles. The van der Waals surface area contributed by atoms with Crippen molar-refractivity contribution in [1.29, 1.82) is 0 Å². The second-order valence-corrected chi connectivity index (χ2v) is 8.42. The monoisotopic (exact) mass is 502 g/mol. The van der Waals surface area contributed by atoms with Crippen LogP contribution in [-0.4, -0.2) is 53.1 Å². The summed E-state index contributed by atoms with van der Waals surface area (Å²) in [5, 5.41) is 0. The van der Waals surface area contributed by atoms with Crippen molar-refractivity contribution >= 4 is 32.1 Å². The zero-order chi connectivity index (χ0) is 22.7. The van der Waals surface area contributed by atoms with Crippen molar-refractivity contribution < 1.29 is 104 Å². The van der Waals surface area contributed by atoms with Crippen LogP contribution >= 0.6 is 0 Å². The first-order chi connectivity index (χ1) is 13.9. The predicted molar refractivity (Wildman–Crippen MR) is 102 cm³/mol. The molecule has 0 aliphatic heterocycles. The first kappa shape index (κ1) is 31.1. The van der Waals surface area contributed by atoms with E-state index in [0.29, 0.717) is 0 Å². The summed E-state index contributed by atoms with van der Waals surface area (Å²) in [7, 11) is -6.20. The minimum Gasteiger partial charge on any atom is -0.744 e. The molecule has 0 unspecified atom stereocenters. The molecule has 10 nitrogen and oxygen atoms in total. The third-order valence-electron chi connectivity index (χ3n) is 3.90. The van der Waals surface area contributed by atoms with E-state index in [1.165, 1.54) is 32.4 Å². The van der Waals surface area contributed by atoms with Crippen molar-refractivity contribution in [2.24, 2.45) is 0 Å². The van der Waals surface area contributed by atoms with Gasteiger partial charge in [0.1, 0.15) is 37.5 Å². The number of ketones is 1. The molecule has 2 aromatic carbocycles. The van der Waals surface area contributed by atoms with Crippen LogP contribution in [-0.2, 0) is 20.2 Å². The van der Waals surface area contributed by atoms with E-state index >= 15 is 0 Å². The van der Waals surface area contributed by atoms with E-state index in [4.69, 9.17) is 14.2 Å². The number of ether oxygens (including phenoxy) is 3. The average molecular weight is 502 g/mol. The summed E-state index contributed by atoms with van der Waals surface area (Å²) in [5.41, 5.74) is -0.0584. The van der Waals surface area contributed by atoms with Crippen LogP contribution in [0.5, 0.6) is 17.2 Å². The number of carbonyl (C=O) groups excluding carboxylic acids is 1. The molecule has 2 rings (SSSR count). The molecule has 0 aliphatic rings. The van der Waals surface area contributed by atoms with E-state index < -0.39 is 35.8 Å². The largest absolute Gasteiger partial charge is 1.00 e. The second kappa shape index (κ2) is 12.5. The maximum Gasteiger partial charge on any atom is 1.00 e. The number of rotatable bonds is 8. The van der Waals surface area contributed by atoms with Gasteiger partial charge in [-0.15, -0.1) is 0 Å². The summed E-state index contributed by atoms with van der Waals surface area (Å²) in [5.74, 6) is -1.24. The molecule has 14 heteroatoms. The molecule has 0 saturated heterocycles. The van der Waals surface area contributed by atoms with Gasteiger partial charge in [-0.3, -0.25) is 4.79 Å². The summed E-state index contributed by atoms with van der Waals surface area (Å²) >= 11 is 0. The number of carbonyl (C=O) groups is 1. The van der Waals surface area contributed by atoms with Gasteiger partial charge >= 0.3 is 59.1 Å². The van der Waals surface area contributed by atoms with Gasteiger partial charge in [-0.25, -0.2) is 16.8 Å². The van der Waals surface area contributed by atoms with Crippen LogP contribution in [0.3, 0.4) is 0 Å². The van der Waals surface area contributed by atoms with Crippen LogP contribution in [0.4, 0.5) is 0 Å². The Hall–Kier alpha value is -0.930. The molecule has 162 valence electrons. The van der Waals surface area contributed by atoms with E-state index in [1.54, 1.807) is 0 Å². The van der Waals surface area contributed by atoms with Crippen molar-refractivity contribution in [3.63, 3.8) is 0 Å². The van der Waals surface area contributed by atoms with E-state index in [0.717, 1.165) is 31.4 Å². The van der Waals surface area contributed by atoms with Gasteiger partial charge in [-0.05, 0) is 29.8 Å². The zero-order valence-electron chi connectivity index (χ0n) is 17.9. The quantitative estimate of drug-likeness (QED) is 0.149. The summed E-state index contributed by atoms with van der Waals surface area (Å²) in [4.78, 5) is 11.2. The van der Waals surface area contributed by atoms with Crippen molar-refractivity contribution in [3.8, 4) is 17.2 Å².